The van der Waals surface area contributed by atoms with Crippen molar-refractivity contribution in [1.29, 1.82) is 0 Å². The van der Waals surface area contributed by atoms with Gasteiger partial charge in [0.15, 0.2) is 6.54 Å². The molecule has 2 amide bonds. The molecule has 2 aromatic carbocycles. The highest BCUT2D eigenvalue weighted by atomic mass is 32.1. The standard InChI is InChI=1S/C36H45N4O6S/c1-22-26(33(36(43)45-4)38-32(22)30(35(38)42)23(2)44-3)21-46-27-11-6-12-28-31(27)25-10-5-8-24(34(25)47-28)9-7-13-39-14-17-40(18-15-39,19-16-39)20-29(37)41/h5-6,8,10-12,22-23,30,32H,7,9,13-21H2,1-4H3,(H-,37,41)/q+1/p+1/t22-,23?,30?,32?,39?,40?/m0/s1. The van der Waals surface area contributed by atoms with Gasteiger partial charge in [0, 0.05) is 45.2 Å². The highest BCUT2D eigenvalue weighted by molar-refractivity contribution is 7.26. The number of thiophene rings is 1. The Morgan fingerprint density at radius 2 is 1.74 bits per heavy atom. The van der Waals surface area contributed by atoms with Gasteiger partial charge >= 0.3 is 5.97 Å². The van der Waals surface area contributed by atoms with Crippen LogP contribution in [0.5, 0.6) is 5.75 Å². The summed E-state index contributed by atoms with van der Waals surface area (Å²) in [4.78, 5) is 39.3. The Labute approximate surface area is 279 Å². The summed E-state index contributed by atoms with van der Waals surface area (Å²) in [6.07, 6.45) is 1.89. The topological polar surface area (TPSA) is 108 Å². The smallest absolute Gasteiger partial charge is 0.354 e. The van der Waals surface area contributed by atoms with Crippen LogP contribution in [0.4, 0.5) is 0 Å². The molecule has 0 saturated carbocycles. The molecule has 10 nitrogen and oxygen atoms in total. The fourth-order valence-electron chi connectivity index (χ4n) is 8.85. The monoisotopic (exact) mass is 662 g/mol. The van der Waals surface area contributed by atoms with Crippen LogP contribution in [0.15, 0.2) is 47.7 Å². The number of quaternary nitrogens is 2. The molecule has 4 saturated heterocycles. The number of piperazine rings is 3. The summed E-state index contributed by atoms with van der Waals surface area (Å²) in [6, 6.07) is 12.6. The summed E-state index contributed by atoms with van der Waals surface area (Å²) >= 11 is 1.81. The van der Waals surface area contributed by atoms with Crippen LogP contribution in [-0.4, -0.2) is 117 Å². The molecule has 4 fully saturated rings. The van der Waals surface area contributed by atoms with Crippen molar-refractivity contribution in [1.82, 2.24) is 4.90 Å². The zero-order chi connectivity index (χ0) is 33.1. The van der Waals surface area contributed by atoms with E-state index in [1.807, 2.05) is 19.1 Å². The maximum atomic E-state index is 13.2. The maximum absolute atomic E-state index is 13.2. The third-order valence-corrected chi connectivity index (χ3v) is 13.0. The Kier molecular flexibility index (Phi) is 8.31. The second kappa shape index (κ2) is 12.2. The molecule has 8 rings (SSSR count). The van der Waals surface area contributed by atoms with Gasteiger partial charge in [0.2, 0.25) is 5.91 Å². The van der Waals surface area contributed by atoms with Gasteiger partial charge in [-0.25, -0.2) is 4.79 Å². The van der Waals surface area contributed by atoms with Crippen molar-refractivity contribution in [3.63, 3.8) is 0 Å². The Hall–Kier alpha value is -3.51. The summed E-state index contributed by atoms with van der Waals surface area (Å²) < 4.78 is 21.7. The Morgan fingerprint density at radius 1 is 1.04 bits per heavy atom. The lowest BCUT2D eigenvalue weighted by Gasteiger charge is -2.55. The van der Waals surface area contributed by atoms with Gasteiger partial charge in [-0.3, -0.25) is 9.59 Å². The van der Waals surface area contributed by atoms with Crippen LogP contribution < -0.4 is 10.5 Å². The molecule has 1 aromatic heterocycles. The number of hydrogen-bond donors (Lipinski definition) is 1. The Balaban J connectivity index is 1.09. The summed E-state index contributed by atoms with van der Waals surface area (Å²) in [7, 11) is 2.96. The van der Waals surface area contributed by atoms with Crippen molar-refractivity contribution >= 4 is 49.3 Å². The van der Waals surface area contributed by atoms with Gasteiger partial charge < -0.3 is 33.8 Å². The number of primary amides is 1. The van der Waals surface area contributed by atoms with Gasteiger partial charge in [-0.15, -0.1) is 11.3 Å². The highest BCUT2D eigenvalue weighted by Gasteiger charge is 2.60. The summed E-state index contributed by atoms with van der Waals surface area (Å²) in [6.45, 7) is 12.3. The minimum absolute atomic E-state index is 0.0702. The first-order chi connectivity index (χ1) is 22.6. The van der Waals surface area contributed by atoms with Gasteiger partial charge in [-0.05, 0) is 31.0 Å². The average Bonchev–Trinajstić information content (AvgIpc) is 3.57. The number of hydrogen-bond acceptors (Lipinski definition) is 7. The number of fused-ring (bicyclic) bond motifs is 7. The first kappa shape index (κ1) is 32.1. The fourth-order valence-corrected chi connectivity index (χ4v) is 10.1. The molecule has 0 radical (unpaired) electrons. The zero-order valence-electron chi connectivity index (χ0n) is 27.8. The first-order valence-corrected chi connectivity index (χ1v) is 17.6. The molecule has 2 bridgehead atoms. The maximum Gasteiger partial charge on any atom is 0.354 e. The minimum atomic E-state index is -0.512. The lowest BCUT2D eigenvalue weighted by atomic mass is 9.78. The molecular formula is C36H46N4O6S+2. The SMILES string of the molecule is COC(=O)C1=C(COc2cccc3sc4c(CCC[N+]56CC[N+](CC(N)=O)(CC5)CC6)cccc4c23)[C@H](C)C2C(C(C)OC)C(=O)N12. The second-order valence-electron chi connectivity index (χ2n) is 14.1. The molecule has 4 atom stereocenters. The predicted molar refractivity (Wildman–Crippen MR) is 181 cm³/mol. The van der Waals surface area contributed by atoms with Crippen LogP contribution >= 0.6 is 11.3 Å². The van der Waals surface area contributed by atoms with E-state index in [0.717, 1.165) is 89.0 Å². The number of carbonyl (C=O) groups is 3. The molecule has 6 heterocycles. The van der Waals surface area contributed by atoms with E-state index in [0.29, 0.717) is 12.2 Å². The fraction of sp³-hybridized carbons (Fsp3) is 0.528. The normalized spacial score (nSPS) is 28.9. The van der Waals surface area contributed by atoms with Crippen molar-refractivity contribution < 1.29 is 37.6 Å². The molecule has 3 aromatic rings. The van der Waals surface area contributed by atoms with Gasteiger partial charge in [0.25, 0.3) is 5.91 Å². The van der Waals surface area contributed by atoms with Crippen molar-refractivity contribution in [2.75, 3.05) is 73.2 Å². The molecule has 5 aliphatic rings. The summed E-state index contributed by atoms with van der Waals surface area (Å²) in [5, 5.41) is 2.27. The quantitative estimate of drug-likeness (QED) is 0.181. The molecule has 5 aliphatic heterocycles. The lowest BCUT2D eigenvalue weighted by molar-refractivity contribution is -1.08. The number of methoxy groups -OCH3 is 2. The Morgan fingerprint density at radius 3 is 2.43 bits per heavy atom. The number of β-lactam (4-membered cyclic amide) rings is 1. The molecule has 11 heteroatoms. The third kappa shape index (κ3) is 5.31. The van der Waals surface area contributed by atoms with E-state index in [9.17, 15) is 14.4 Å². The average molecular weight is 663 g/mol. The highest BCUT2D eigenvalue weighted by Crippen LogP contribution is 2.48. The molecule has 3 unspecified atom stereocenters. The van der Waals surface area contributed by atoms with Gasteiger partial charge in [-0.1, -0.05) is 31.2 Å². The number of carbonyl (C=O) groups excluding carboxylic acids is 3. The predicted octanol–water partition coefficient (Wildman–Crippen LogP) is 3.45. The van der Waals surface area contributed by atoms with E-state index in [1.165, 1.54) is 22.8 Å². The number of aryl methyl sites for hydroxylation is 1. The molecule has 250 valence electrons. The number of nitrogens with zero attached hydrogens (tertiary/aromatic N) is 3. The first-order valence-electron chi connectivity index (χ1n) is 16.8. The van der Waals surface area contributed by atoms with Crippen molar-refractivity contribution in [2.24, 2.45) is 17.6 Å². The van der Waals surface area contributed by atoms with E-state index in [4.69, 9.17) is 19.9 Å². The summed E-state index contributed by atoms with van der Waals surface area (Å²) in [5.41, 5.74) is 8.02. The molecule has 47 heavy (non-hydrogen) atoms. The largest absolute Gasteiger partial charge is 0.488 e. The van der Waals surface area contributed by atoms with E-state index < -0.39 is 5.97 Å². The van der Waals surface area contributed by atoms with Gasteiger partial charge in [-0.2, -0.15) is 0 Å². The van der Waals surface area contributed by atoms with Crippen LogP contribution in [0.25, 0.3) is 20.2 Å². The van der Waals surface area contributed by atoms with Crippen LogP contribution in [0.3, 0.4) is 0 Å². The number of rotatable bonds is 12. The van der Waals surface area contributed by atoms with Crippen molar-refractivity contribution in [3.05, 3.63) is 53.2 Å². The van der Waals surface area contributed by atoms with E-state index >= 15 is 0 Å². The van der Waals surface area contributed by atoms with Crippen LogP contribution in [0.2, 0.25) is 0 Å². The lowest BCUT2D eigenvalue weighted by Crippen LogP contribution is -2.76. The minimum Gasteiger partial charge on any atom is -0.488 e. The molecule has 0 aliphatic carbocycles. The van der Waals surface area contributed by atoms with E-state index in [2.05, 4.69) is 31.2 Å². The van der Waals surface area contributed by atoms with Crippen LogP contribution in [0.1, 0.15) is 25.8 Å². The molecular weight excluding hydrogens is 616 g/mol. The number of benzene rings is 2. The van der Waals surface area contributed by atoms with Crippen LogP contribution in [-0.2, 0) is 30.3 Å². The van der Waals surface area contributed by atoms with E-state index in [-0.39, 0.29) is 42.4 Å². The van der Waals surface area contributed by atoms with E-state index in [1.54, 1.807) is 23.3 Å². The van der Waals surface area contributed by atoms with Crippen LogP contribution in [0, 0.1) is 11.8 Å². The summed E-state index contributed by atoms with van der Waals surface area (Å²) in [5.74, 6) is -0.402. The Bertz CT molecular complexity index is 1760. The zero-order valence-corrected chi connectivity index (χ0v) is 28.6. The number of esters is 1. The van der Waals surface area contributed by atoms with Crippen molar-refractivity contribution in [3.8, 4) is 5.75 Å². The van der Waals surface area contributed by atoms with Gasteiger partial charge in [0.05, 0.1) is 31.7 Å². The molecule has 2 N–H and O–H groups in total. The number of ether oxygens (including phenoxy) is 3. The number of nitrogens with two attached hydrogens (primary N) is 1. The molecule has 0 spiro atoms. The second-order valence-corrected chi connectivity index (χ2v) is 15.2. The number of amides is 2. The van der Waals surface area contributed by atoms with Crippen molar-refractivity contribution in [2.45, 2.75) is 38.8 Å². The van der Waals surface area contributed by atoms with Gasteiger partial charge in [0.1, 0.15) is 57.3 Å². The third-order valence-electron chi connectivity index (χ3n) is 11.7.